The van der Waals surface area contributed by atoms with Gasteiger partial charge in [0.25, 0.3) is 5.89 Å². The van der Waals surface area contributed by atoms with Crippen LogP contribution < -0.4 is 5.32 Å². The van der Waals surface area contributed by atoms with Crippen molar-refractivity contribution in [3.05, 3.63) is 30.1 Å². The molecule has 1 heterocycles. The quantitative estimate of drug-likeness (QED) is 0.811. The molecule has 0 radical (unpaired) electrons. The maximum absolute atomic E-state index is 5.29. The Hall–Kier alpha value is -1.84. The number of aromatic nitrogens is 2. The third kappa shape index (κ3) is 3.59. The van der Waals surface area contributed by atoms with E-state index in [1.54, 1.807) is 0 Å². The lowest BCUT2D eigenvalue weighted by Crippen LogP contribution is -2.19. The van der Waals surface area contributed by atoms with Crippen molar-refractivity contribution in [1.82, 2.24) is 10.1 Å². The van der Waals surface area contributed by atoms with Crippen molar-refractivity contribution in [3.8, 4) is 11.5 Å². The number of nitrogens with zero attached hydrogens (tertiary/aromatic N) is 2. The van der Waals surface area contributed by atoms with E-state index in [1.165, 1.54) is 25.7 Å². The zero-order chi connectivity index (χ0) is 14.4. The van der Waals surface area contributed by atoms with Gasteiger partial charge in [0.2, 0.25) is 0 Å². The fourth-order valence-electron chi connectivity index (χ4n) is 2.41. The van der Waals surface area contributed by atoms with Crippen LogP contribution in [0, 0.1) is 6.92 Å². The Balaban J connectivity index is 2.23. The van der Waals surface area contributed by atoms with Crippen molar-refractivity contribution >= 4 is 5.69 Å². The smallest absolute Gasteiger partial charge is 0.260 e. The molecule has 0 saturated heterocycles. The molecule has 1 aromatic carbocycles. The molecule has 2 rings (SSSR count). The molecule has 0 unspecified atom stereocenters. The van der Waals surface area contributed by atoms with E-state index in [0.717, 1.165) is 11.3 Å². The second-order valence-corrected chi connectivity index (χ2v) is 5.11. The molecule has 0 aliphatic carbocycles. The predicted octanol–water partition coefficient (Wildman–Crippen LogP) is 4.43. The molecule has 0 aliphatic rings. The first-order valence-electron chi connectivity index (χ1n) is 7.40. The average Bonchev–Trinajstić information content (AvgIpc) is 2.86. The van der Waals surface area contributed by atoms with Gasteiger partial charge in [-0.1, -0.05) is 44.0 Å². The Morgan fingerprint density at radius 1 is 1.15 bits per heavy atom. The highest BCUT2D eigenvalue weighted by atomic mass is 16.5. The molecule has 2 aromatic rings. The minimum atomic E-state index is 0.496. The summed E-state index contributed by atoms with van der Waals surface area (Å²) in [5.41, 5.74) is 2.05. The summed E-state index contributed by atoms with van der Waals surface area (Å²) in [6, 6.07) is 8.62. The van der Waals surface area contributed by atoms with Crippen LogP contribution in [0.5, 0.6) is 0 Å². The van der Waals surface area contributed by atoms with Gasteiger partial charge in [0, 0.05) is 11.7 Å². The van der Waals surface area contributed by atoms with E-state index >= 15 is 0 Å². The van der Waals surface area contributed by atoms with Crippen molar-refractivity contribution < 1.29 is 4.52 Å². The number of nitrogens with one attached hydrogen (secondary N) is 1. The lowest BCUT2D eigenvalue weighted by Gasteiger charge is -2.20. The zero-order valence-electron chi connectivity index (χ0n) is 12.5. The standard InChI is InChI=1S/C16H23N3O/c1-4-8-13(9-5-2)18-15-11-7-6-10-14(15)16-17-12(3)19-20-16/h6-7,10-11,13,18H,4-5,8-9H2,1-3H3. The van der Waals surface area contributed by atoms with Crippen molar-refractivity contribution in [1.29, 1.82) is 0 Å². The summed E-state index contributed by atoms with van der Waals surface area (Å²) in [7, 11) is 0. The summed E-state index contributed by atoms with van der Waals surface area (Å²) in [5.74, 6) is 1.24. The first-order chi connectivity index (χ1) is 9.74. The van der Waals surface area contributed by atoms with Gasteiger partial charge in [-0.15, -0.1) is 0 Å². The molecule has 0 saturated carbocycles. The number of hydrogen-bond donors (Lipinski definition) is 1. The number of rotatable bonds is 7. The Bertz CT molecular complexity index is 530. The van der Waals surface area contributed by atoms with Crippen LogP contribution in [0.25, 0.3) is 11.5 Å². The first kappa shape index (κ1) is 14.6. The summed E-state index contributed by atoms with van der Waals surface area (Å²) in [4.78, 5) is 4.32. The molecule has 0 bridgehead atoms. The second-order valence-electron chi connectivity index (χ2n) is 5.11. The summed E-state index contributed by atoms with van der Waals surface area (Å²) < 4.78 is 5.29. The number of hydrogen-bond acceptors (Lipinski definition) is 4. The SMILES string of the molecule is CCCC(CCC)Nc1ccccc1-c1nc(C)no1. The molecule has 0 aliphatic heterocycles. The first-order valence-corrected chi connectivity index (χ1v) is 7.40. The molecule has 20 heavy (non-hydrogen) atoms. The lowest BCUT2D eigenvalue weighted by atomic mass is 10.1. The molecule has 108 valence electrons. The van der Waals surface area contributed by atoms with Crippen LogP contribution >= 0.6 is 0 Å². The summed E-state index contributed by atoms with van der Waals surface area (Å²) in [5, 5.41) is 7.50. The van der Waals surface area contributed by atoms with Crippen LogP contribution in [0.4, 0.5) is 5.69 Å². The Morgan fingerprint density at radius 3 is 2.45 bits per heavy atom. The summed E-state index contributed by atoms with van der Waals surface area (Å²) >= 11 is 0. The normalized spacial score (nSPS) is 11.0. The molecule has 0 fully saturated rings. The average molecular weight is 273 g/mol. The van der Waals surface area contributed by atoms with E-state index in [4.69, 9.17) is 4.52 Å². The third-order valence-corrected chi connectivity index (χ3v) is 3.32. The Kier molecular flexibility index (Phi) is 5.16. The molecule has 1 N–H and O–H groups in total. The van der Waals surface area contributed by atoms with E-state index in [1.807, 2.05) is 25.1 Å². The molecule has 4 heteroatoms. The van der Waals surface area contributed by atoms with Gasteiger partial charge in [0.1, 0.15) is 0 Å². The highest BCUT2D eigenvalue weighted by molar-refractivity contribution is 5.72. The highest BCUT2D eigenvalue weighted by Gasteiger charge is 2.14. The maximum atomic E-state index is 5.29. The van der Waals surface area contributed by atoms with Crippen LogP contribution in [-0.4, -0.2) is 16.2 Å². The molecule has 1 aromatic heterocycles. The van der Waals surface area contributed by atoms with Gasteiger partial charge >= 0.3 is 0 Å². The Labute approximate surface area is 120 Å². The monoisotopic (exact) mass is 273 g/mol. The van der Waals surface area contributed by atoms with E-state index in [2.05, 4.69) is 35.4 Å². The van der Waals surface area contributed by atoms with Crippen molar-refractivity contribution in [2.45, 2.75) is 52.5 Å². The fourth-order valence-corrected chi connectivity index (χ4v) is 2.41. The van der Waals surface area contributed by atoms with Gasteiger partial charge in [-0.3, -0.25) is 0 Å². The lowest BCUT2D eigenvalue weighted by molar-refractivity contribution is 0.425. The zero-order valence-corrected chi connectivity index (χ0v) is 12.5. The predicted molar refractivity (Wildman–Crippen MR) is 81.7 cm³/mol. The van der Waals surface area contributed by atoms with E-state index in [0.29, 0.717) is 17.8 Å². The third-order valence-electron chi connectivity index (χ3n) is 3.32. The number of anilines is 1. The van der Waals surface area contributed by atoms with Crippen molar-refractivity contribution in [2.75, 3.05) is 5.32 Å². The molecule has 0 amide bonds. The van der Waals surface area contributed by atoms with E-state index in [9.17, 15) is 0 Å². The fraction of sp³-hybridized carbons (Fsp3) is 0.500. The Morgan fingerprint density at radius 2 is 1.85 bits per heavy atom. The van der Waals surface area contributed by atoms with Crippen LogP contribution in [0.15, 0.2) is 28.8 Å². The van der Waals surface area contributed by atoms with Crippen LogP contribution in [0.1, 0.15) is 45.4 Å². The van der Waals surface area contributed by atoms with Gasteiger partial charge in [-0.25, -0.2) is 0 Å². The van der Waals surface area contributed by atoms with Gasteiger partial charge in [-0.05, 0) is 31.9 Å². The molecular weight excluding hydrogens is 250 g/mol. The van der Waals surface area contributed by atoms with E-state index in [-0.39, 0.29) is 0 Å². The van der Waals surface area contributed by atoms with Crippen molar-refractivity contribution in [3.63, 3.8) is 0 Å². The minimum absolute atomic E-state index is 0.496. The summed E-state index contributed by atoms with van der Waals surface area (Å²) in [6.07, 6.45) is 4.70. The topological polar surface area (TPSA) is 51.0 Å². The van der Waals surface area contributed by atoms with Crippen LogP contribution in [0.3, 0.4) is 0 Å². The van der Waals surface area contributed by atoms with Gasteiger partial charge < -0.3 is 9.84 Å². The maximum Gasteiger partial charge on any atom is 0.260 e. The van der Waals surface area contributed by atoms with Crippen LogP contribution in [0.2, 0.25) is 0 Å². The molecular formula is C16H23N3O. The molecule has 0 spiro atoms. The number of aryl methyl sites for hydroxylation is 1. The van der Waals surface area contributed by atoms with E-state index < -0.39 is 0 Å². The number of benzene rings is 1. The number of para-hydroxylation sites is 1. The van der Waals surface area contributed by atoms with Gasteiger partial charge in [0.15, 0.2) is 5.82 Å². The van der Waals surface area contributed by atoms with Crippen molar-refractivity contribution in [2.24, 2.45) is 0 Å². The van der Waals surface area contributed by atoms with Gasteiger partial charge in [0.05, 0.1) is 5.56 Å². The highest BCUT2D eigenvalue weighted by Crippen LogP contribution is 2.27. The summed E-state index contributed by atoms with van der Waals surface area (Å²) in [6.45, 7) is 6.27. The van der Waals surface area contributed by atoms with Crippen LogP contribution in [-0.2, 0) is 0 Å². The minimum Gasteiger partial charge on any atom is -0.382 e. The molecule has 4 nitrogen and oxygen atoms in total. The largest absolute Gasteiger partial charge is 0.382 e. The van der Waals surface area contributed by atoms with Gasteiger partial charge in [-0.2, -0.15) is 4.98 Å². The molecule has 0 atom stereocenters. The second kappa shape index (κ2) is 7.08.